The molecule has 0 bridgehead atoms. The maximum atomic E-state index is 6.11. The number of rotatable bonds is 3. The molecule has 4 heterocycles. The fourth-order valence-electron chi connectivity index (χ4n) is 3.63. The van der Waals surface area contributed by atoms with E-state index in [2.05, 4.69) is 38.1 Å². The SMILES string of the molecule is CNCCc1c(C)nc2c3c(nc(C)nc13)N1C[C@@H](I)NC[C@H]1CO2. The van der Waals surface area contributed by atoms with E-state index in [1.54, 1.807) is 0 Å². The lowest BCUT2D eigenvalue weighted by molar-refractivity contribution is 0.264. The second kappa shape index (κ2) is 6.81. The van der Waals surface area contributed by atoms with Crippen LogP contribution in [0.15, 0.2) is 0 Å². The van der Waals surface area contributed by atoms with Crippen molar-refractivity contribution in [2.45, 2.75) is 30.4 Å². The van der Waals surface area contributed by atoms with Crippen LogP contribution in [0, 0.1) is 13.8 Å². The summed E-state index contributed by atoms with van der Waals surface area (Å²) in [6, 6.07) is 0.263. The lowest BCUT2D eigenvalue weighted by Crippen LogP contribution is -2.56. The number of halogens is 1. The molecule has 7 nitrogen and oxygen atoms in total. The second-order valence-electron chi connectivity index (χ2n) is 6.65. The minimum Gasteiger partial charge on any atom is -0.475 e. The van der Waals surface area contributed by atoms with Crippen LogP contribution in [-0.4, -0.2) is 58.3 Å². The Morgan fingerprint density at radius 3 is 2.96 bits per heavy atom. The van der Waals surface area contributed by atoms with E-state index >= 15 is 0 Å². The van der Waals surface area contributed by atoms with Gasteiger partial charge in [-0.3, -0.25) is 0 Å². The molecule has 2 aliphatic heterocycles. The first-order chi connectivity index (χ1) is 12.1. The molecule has 0 radical (unpaired) electrons. The smallest absolute Gasteiger partial charge is 0.227 e. The highest BCUT2D eigenvalue weighted by Gasteiger charge is 2.34. The summed E-state index contributed by atoms with van der Waals surface area (Å²) in [6.07, 6.45) is 0.891. The van der Waals surface area contributed by atoms with Gasteiger partial charge in [0.2, 0.25) is 5.88 Å². The molecule has 0 saturated carbocycles. The van der Waals surface area contributed by atoms with Crippen LogP contribution < -0.4 is 20.3 Å². The number of fused-ring (bicyclic) bond motifs is 2. The number of ether oxygens (including phenoxy) is 1. The number of likely N-dealkylation sites (N-methyl/N-ethyl adjacent to an activating group) is 1. The molecule has 2 aliphatic rings. The Labute approximate surface area is 161 Å². The topological polar surface area (TPSA) is 75.2 Å². The number of aromatic nitrogens is 3. The molecule has 0 unspecified atom stereocenters. The van der Waals surface area contributed by atoms with E-state index in [0.29, 0.717) is 16.5 Å². The van der Waals surface area contributed by atoms with Crippen LogP contribution in [0.1, 0.15) is 17.1 Å². The van der Waals surface area contributed by atoms with E-state index in [1.165, 1.54) is 5.56 Å². The summed E-state index contributed by atoms with van der Waals surface area (Å²) >= 11 is 2.44. The Bertz CT molecular complexity index is 814. The third-order valence-corrected chi connectivity index (χ3v) is 5.72. The monoisotopic (exact) mass is 454 g/mol. The largest absolute Gasteiger partial charge is 0.475 e. The number of aryl methyl sites for hydroxylation is 2. The van der Waals surface area contributed by atoms with Crippen LogP contribution in [0.4, 0.5) is 5.82 Å². The van der Waals surface area contributed by atoms with E-state index in [0.717, 1.165) is 54.3 Å². The predicted octanol–water partition coefficient (Wildman–Crippen LogP) is 1.34. The molecular weight excluding hydrogens is 431 g/mol. The van der Waals surface area contributed by atoms with E-state index in [-0.39, 0.29) is 6.04 Å². The number of hydrogen-bond donors (Lipinski definition) is 2. The first kappa shape index (κ1) is 17.2. The molecule has 0 spiro atoms. The van der Waals surface area contributed by atoms with Crippen molar-refractivity contribution >= 4 is 39.3 Å². The maximum Gasteiger partial charge on any atom is 0.227 e. The highest BCUT2D eigenvalue weighted by atomic mass is 127. The van der Waals surface area contributed by atoms with E-state index in [9.17, 15) is 0 Å². The Kier molecular flexibility index (Phi) is 4.67. The maximum absolute atomic E-state index is 6.11. The Balaban J connectivity index is 1.95. The average molecular weight is 454 g/mol. The van der Waals surface area contributed by atoms with E-state index in [4.69, 9.17) is 19.7 Å². The number of pyridine rings is 1. The average Bonchev–Trinajstić information content (AvgIpc) is 2.72. The van der Waals surface area contributed by atoms with Gasteiger partial charge in [0, 0.05) is 24.3 Å². The molecule has 0 aromatic carbocycles. The third kappa shape index (κ3) is 3.04. The van der Waals surface area contributed by atoms with Gasteiger partial charge in [-0.2, -0.15) is 0 Å². The fraction of sp³-hybridized carbons (Fsp3) is 0.588. The van der Waals surface area contributed by atoms with Crippen molar-refractivity contribution in [3.63, 3.8) is 0 Å². The van der Waals surface area contributed by atoms with Crippen LogP contribution >= 0.6 is 22.6 Å². The number of nitrogens with one attached hydrogen (secondary N) is 2. The van der Waals surface area contributed by atoms with Crippen LogP contribution in [-0.2, 0) is 6.42 Å². The molecule has 2 aromatic rings. The van der Waals surface area contributed by atoms with Crippen molar-refractivity contribution < 1.29 is 4.74 Å². The van der Waals surface area contributed by atoms with Gasteiger partial charge in [0.25, 0.3) is 0 Å². The molecule has 4 rings (SSSR count). The number of nitrogens with zero attached hydrogens (tertiary/aromatic N) is 4. The molecule has 134 valence electrons. The molecule has 0 aliphatic carbocycles. The number of hydrogen-bond acceptors (Lipinski definition) is 7. The van der Waals surface area contributed by atoms with Crippen LogP contribution in [0.5, 0.6) is 5.88 Å². The normalized spacial score (nSPS) is 22.5. The van der Waals surface area contributed by atoms with Crippen molar-refractivity contribution in [1.29, 1.82) is 0 Å². The third-order valence-electron chi connectivity index (χ3n) is 4.89. The summed E-state index contributed by atoms with van der Waals surface area (Å²) in [6.45, 7) is 7.31. The quantitative estimate of drug-likeness (QED) is 0.412. The van der Waals surface area contributed by atoms with Gasteiger partial charge in [-0.25, -0.2) is 15.0 Å². The Hall–Kier alpha value is -1.26. The minimum absolute atomic E-state index is 0.263. The Morgan fingerprint density at radius 2 is 2.16 bits per heavy atom. The van der Waals surface area contributed by atoms with Gasteiger partial charge < -0.3 is 20.3 Å². The molecule has 2 aromatic heterocycles. The summed E-state index contributed by atoms with van der Waals surface area (Å²) in [4.78, 5) is 16.7. The predicted molar refractivity (Wildman–Crippen MR) is 107 cm³/mol. The lowest BCUT2D eigenvalue weighted by atomic mass is 10.1. The summed E-state index contributed by atoms with van der Waals surface area (Å²) in [5.74, 6) is 2.45. The van der Waals surface area contributed by atoms with Crippen molar-refractivity contribution in [2.24, 2.45) is 0 Å². The number of anilines is 1. The van der Waals surface area contributed by atoms with Gasteiger partial charge >= 0.3 is 0 Å². The highest BCUT2D eigenvalue weighted by molar-refractivity contribution is 14.1. The summed E-state index contributed by atoms with van der Waals surface area (Å²) < 4.78 is 6.51. The molecular formula is C17H23IN6O. The van der Waals surface area contributed by atoms with E-state index in [1.807, 2.05) is 20.9 Å². The molecule has 25 heavy (non-hydrogen) atoms. The Morgan fingerprint density at radius 1 is 1.32 bits per heavy atom. The lowest BCUT2D eigenvalue weighted by Gasteiger charge is -2.38. The zero-order valence-electron chi connectivity index (χ0n) is 14.8. The van der Waals surface area contributed by atoms with Crippen LogP contribution in [0.3, 0.4) is 0 Å². The first-order valence-electron chi connectivity index (χ1n) is 8.67. The van der Waals surface area contributed by atoms with Gasteiger partial charge in [-0.15, -0.1) is 0 Å². The van der Waals surface area contributed by atoms with Crippen molar-refractivity contribution in [3.8, 4) is 5.88 Å². The highest BCUT2D eigenvalue weighted by Crippen LogP contribution is 2.38. The molecule has 1 fully saturated rings. The first-order valence-corrected chi connectivity index (χ1v) is 9.92. The van der Waals surface area contributed by atoms with Crippen LogP contribution in [0.2, 0.25) is 0 Å². The summed E-state index contributed by atoms with van der Waals surface area (Å²) in [5.41, 5.74) is 3.17. The molecule has 8 heteroatoms. The van der Waals surface area contributed by atoms with Gasteiger partial charge in [0.05, 0.1) is 15.6 Å². The van der Waals surface area contributed by atoms with Gasteiger partial charge in [-0.05, 0) is 33.9 Å². The molecule has 2 atom stereocenters. The van der Waals surface area contributed by atoms with Gasteiger partial charge in [0.1, 0.15) is 23.6 Å². The summed E-state index contributed by atoms with van der Waals surface area (Å²) in [5, 5.41) is 7.72. The fourth-order valence-corrected chi connectivity index (χ4v) is 4.30. The molecule has 2 N–H and O–H groups in total. The zero-order chi connectivity index (χ0) is 17.6. The van der Waals surface area contributed by atoms with Gasteiger partial charge in [0.15, 0.2) is 0 Å². The minimum atomic E-state index is 0.263. The standard InChI is InChI=1S/C17H23IN6O/c1-9-12(4-5-19-3)15-14-16(23-10(2)22-15)24-7-13(18)20-6-11(24)8-25-17(14)21-9/h11,13,19-20H,4-8H2,1-3H3/t11-,13-/m0/s1. The van der Waals surface area contributed by atoms with Gasteiger partial charge in [-0.1, -0.05) is 22.6 Å². The van der Waals surface area contributed by atoms with Crippen molar-refractivity contribution in [1.82, 2.24) is 25.6 Å². The number of piperazine rings is 1. The zero-order valence-corrected chi connectivity index (χ0v) is 16.9. The van der Waals surface area contributed by atoms with Crippen LogP contribution in [0.25, 0.3) is 10.9 Å². The second-order valence-corrected chi connectivity index (χ2v) is 8.15. The van der Waals surface area contributed by atoms with Crippen molar-refractivity contribution in [2.75, 3.05) is 38.2 Å². The van der Waals surface area contributed by atoms with Crippen molar-refractivity contribution in [3.05, 3.63) is 17.1 Å². The number of alkyl halides is 1. The van der Waals surface area contributed by atoms with E-state index < -0.39 is 0 Å². The summed E-state index contributed by atoms with van der Waals surface area (Å²) in [7, 11) is 1.97. The molecule has 0 amide bonds. The molecule has 1 saturated heterocycles.